The first-order valence-corrected chi connectivity index (χ1v) is 19.4. The smallest absolute Gasteiger partial charge is 0.454 e. The number of unbranched alkanes of at least 4 members (excludes halogenated alkanes) is 2. The Balaban J connectivity index is 1.73. The van der Waals surface area contributed by atoms with Gasteiger partial charge in [0.05, 0.1) is 45.1 Å². The van der Waals surface area contributed by atoms with E-state index in [-0.39, 0.29) is 33.0 Å². The Morgan fingerprint density at radius 2 is 1.16 bits per heavy atom. The van der Waals surface area contributed by atoms with Gasteiger partial charge in [-0.2, -0.15) is 0 Å². The Morgan fingerprint density at radius 3 is 1.63 bits per heavy atom. The second-order valence-electron chi connectivity index (χ2n) is 13.6. The fraction of sp³-hybridized carbons (Fsp3) is 0.525. The summed E-state index contributed by atoms with van der Waals surface area (Å²) in [5.74, 6) is -0.521. The molecule has 0 N–H and O–H groups in total. The molecule has 11 heteroatoms. The number of phosphoric ester groups is 1. The van der Waals surface area contributed by atoms with Crippen LogP contribution < -0.4 is 0 Å². The maximum atomic E-state index is 14.3. The zero-order valence-corrected chi connectivity index (χ0v) is 31.5. The van der Waals surface area contributed by atoms with E-state index in [4.69, 9.17) is 37.3 Å². The SMILES string of the molecule is CCCCOP(=O)(OCCCC)O[C@@H]1O[C@H](COCc2ccccc2)[C@H](OCc2ccccc2)[C@H](OCc2ccccc2)[C@H]1OC(=O)C(C)(C)C. The van der Waals surface area contributed by atoms with Crippen LogP contribution in [-0.2, 0) is 66.4 Å². The monoisotopic (exact) mass is 726 g/mol. The highest BCUT2D eigenvalue weighted by Crippen LogP contribution is 2.53. The maximum Gasteiger partial charge on any atom is 0.477 e. The molecule has 1 aliphatic heterocycles. The molecule has 1 aliphatic rings. The van der Waals surface area contributed by atoms with Crippen molar-refractivity contribution in [2.24, 2.45) is 5.41 Å². The molecule has 1 heterocycles. The molecule has 0 radical (unpaired) electrons. The number of hydrogen-bond acceptors (Lipinski definition) is 10. The Hall–Kier alpha value is -2.92. The van der Waals surface area contributed by atoms with Gasteiger partial charge in [-0.15, -0.1) is 0 Å². The van der Waals surface area contributed by atoms with Crippen LogP contribution in [0.25, 0.3) is 0 Å². The third kappa shape index (κ3) is 13.5. The molecule has 1 saturated heterocycles. The van der Waals surface area contributed by atoms with E-state index < -0.39 is 49.9 Å². The summed E-state index contributed by atoms with van der Waals surface area (Å²) in [6.07, 6.45) is -2.24. The molecule has 1 fully saturated rings. The summed E-state index contributed by atoms with van der Waals surface area (Å²) in [4.78, 5) is 13.6. The quantitative estimate of drug-likeness (QED) is 0.0600. The largest absolute Gasteiger partial charge is 0.477 e. The van der Waals surface area contributed by atoms with E-state index in [0.29, 0.717) is 19.4 Å². The Kier molecular flexibility index (Phi) is 16.8. The van der Waals surface area contributed by atoms with Gasteiger partial charge in [0.1, 0.15) is 18.3 Å². The van der Waals surface area contributed by atoms with Crippen LogP contribution in [0.3, 0.4) is 0 Å². The first-order chi connectivity index (χ1) is 24.6. The van der Waals surface area contributed by atoms with Crippen LogP contribution in [-0.4, -0.2) is 56.5 Å². The standard InChI is InChI=1S/C40H55O10P/c1-6-8-25-46-51(42,47-26-9-7-2)50-38-37(49-39(41)40(3,4)5)36(45-29-33-23-17-12-18-24-33)35(44-28-32-21-15-11-16-22-32)34(48-38)30-43-27-31-19-13-10-14-20-31/h10-24,34-38H,6-9,25-30H2,1-5H3/t34-,35+,36+,37-,38+/m1/s1. The molecule has 3 aromatic carbocycles. The van der Waals surface area contributed by atoms with Gasteiger partial charge in [0, 0.05) is 0 Å². The van der Waals surface area contributed by atoms with Crippen LogP contribution in [0.15, 0.2) is 91.0 Å². The summed E-state index contributed by atoms with van der Waals surface area (Å²) in [5.41, 5.74) is 1.93. The van der Waals surface area contributed by atoms with Crippen molar-refractivity contribution in [1.82, 2.24) is 0 Å². The lowest BCUT2D eigenvalue weighted by Gasteiger charge is -2.46. The van der Waals surface area contributed by atoms with Crippen molar-refractivity contribution < 1.29 is 46.6 Å². The van der Waals surface area contributed by atoms with E-state index in [0.717, 1.165) is 29.5 Å². The number of phosphoric acid groups is 1. The maximum absolute atomic E-state index is 14.3. The Labute approximate surface area is 303 Å². The van der Waals surface area contributed by atoms with Crippen LogP contribution in [0.5, 0.6) is 0 Å². The number of hydrogen-bond donors (Lipinski definition) is 0. The van der Waals surface area contributed by atoms with Gasteiger partial charge in [-0.25, -0.2) is 4.57 Å². The lowest BCUT2D eigenvalue weighted by atomic mass is 9.95. The highest BCUT2D eigenvalue weighted by Gasteiger charge is 2.53. The van der Waals surface area contributed by atoms with Crippen molar-refractivity contribution in [2.75, 3.05) is 19.8 Å². The molecule has 0 amide bonds. The number of rotatable bonds is 21. The van der Waals surface area contributed by atoms with E-state index in [1.165, 1.54) is 0 Å². The van der Waals surface area contributed by atoms with Gasteiger partial charge < -0.3 is 23.7 Å². The molecular weight excluding hydrogens is 671 g/mol. The van der Waals surface area contributed by atoms with Crippen molar-refractivity contribution in [2.45, 2.75) is 111 Å². The van der Waals surface area contributed by atoms with Crippen molar-refractivity contribution in [3.8, 4) is 0 Å². The fourth-order valence-corrected chi connectivity index (χ4v) is 6.51. The van der Waals surface area contributed by atoms with Gasteiger partial charge in [-0.05, 0) is 50.3 Å². The lowest BCUT2D eigenvalue weighted by Crippen LogP contribution is -2.62. The fourth-order valence-electron chi connectivity index (χ4n) is 5.18. The van der Waals surface area contributed by atoms with Crippen LogP contribution in [0.1, 0.15) is 77.0 Å². The van der Waals surface area contributed by atoms with E-state index >= 15 is 0 Å². The van der Waals surface area contributed by atoms with Crippen molar-refractivity contribution >= 4 is 13.8 Å². The highest BCUT2D eigenvalue weighted by atomic mass is 31.2. The third-order valence-electron chi connectivity index (χ3n) is 8.14. The normalized spacial score (nSPS) is 21.0. The molecule has 10 nitrogen and oxygen atoms in total. The molecule has 5 atom stereocenters. The minimum atomic E-state index is -4.21. The topological polar surface area (TPSA) is 108 Å². The van der Waals surface area contributed by atoms with E-state index in [1.807, 2.05) is 105 Å². The van der Waals surface area contributed by atoms with Gasteiger partial charge >= 0.3 is 13.8 Å². The molecule has 51 heavy (non-hydrogen) atoms. The third-order valence-corrected chi connectivity index (χ3v) is 9.60. The summed E-state index contributed by atoms with van der Waals surface area (Å²) < 4.78 is 64.3. The van der Waals surface area contributed by atoms with Gasteiger partial charge in [0.25, 0.3) is 0 Å². The Bertz CT molecular complexity index is 1440. The first kappa shape index (κ1) is 40.8. The average Bonchev–Trinajstić information content (AvgIpc) is 3.12. The molecule has 0 aliphatic carbocycles. The molecule has 3 aromatic rings. The van der Waals surface area contributed by atoms with Crippen molar-refractivity contribution in [1.29, 1.82) is 0 Å². The van der Waals surface area contributed by atoms with Crippen molar-refractivity contribution in [3.05, 3.63) is 108 Å². The zero-order valence-electron chi connectivity index (χ0n) is 30.6. The molecule has 4 rings (SSSR count). The van der Waals surface area contributed by atoms with Gasteiger partial charge in [0.2, 0.25) is 6.29 Å². The Morgan fingerprint density at radius 1 is 0.686 bits per heavy atom. The zero-order chi connectivity index (χ0) is 36.5. The van der Waals surface area contributed by atoms with E-state index in [1.54, 1.807) is 20.8 Å². The van der Waals surface area contributed by atoms with Crippen LogP contribution in [0.4, 0.5) is 0 Å². The summed E-state index contributed by atoms with van der Waals surface area (Å²) in [6.45, 7) is 10.3. The number of esters is 1. The minimum absolute atomic E-state index is 0.0665. The number of carbonyl (C=O) groups is 1. The average molecular weight is 727 g/mol. The molecule has 0 aromatic heterocycles. The van der Waals surface area contributed by atoms with E-state index in [2.05, 4.69) is 0 Å². The highest BCUT2D eigenvalue weighted by molar-refractivity contribution is 7.48. The second-order valence-corrected chi connectivity index (χ2v) is 15.2. The summed E-state index contributed by atoms with van der Waals surface area (Å²) in [6, 6.07) is 29.2. The molecule has 0 bridgehead atoms. The minimum Gasteiger partial charge on any atom is -0.454 e. The second kappa shape index (κ2) is 20.9. The van der Waals surface area contributed by atoms with Gasteiger partial charge in [-0.1, -0.05) is 118 Å². The molecule has 0 unspecified atom stereocenters. The summed E-state index contributed by atoms with van der Waals surface area (Å²) in [7, 11) is -4.21. The molecule has 0 saturated carbocycles. The van der Waals surface area contributed by atoms with E-state index in [9.17, 15) is 9.36 Å². The van der Waals surface area contributed by atoms with Crippen LogP contribution >= 0.6 is 7.82 Å². The number of ether oxygens (including phenoxy) is 5. The molecular formula is C40H55O10P. The predicted molar refractivity (Wildman–Crippen MR) is 195 cm³/mol. The van der Waals surface area contributed by atoms with Crippen LogP contribution in [0.2, 0.25) is 0 Å². The predicted octanol–water partition coefficient (Wildman–Crippen LogP) is 8.81. The van der Waals surface area contributed by atoms with Crippen molar-refractivity contribution in [3.63, 3.8) is 0 Å². The van der Waals surface area contributed by atoms with Gasteiger partial charge in [0.15, 0.2) is 6.10 Å². The van der Waals surface area contributed by atoms with Crippen LogP contribution in [0, 0.1) is 5.41 Å². The number of carbonyl (C=O) groups excluding carboxylic acids is 1. The summed E-state index contributed by atoms with van der Waals surface area (Å²) >= 11 is 0. The van der Waals surface area contributed by atoms with Gasteiger partial charge in [-0.3, -0.25) is 18.4 Å². The molecule has 0 spiro atoms. The summed E-state index contributed by atoms with van der Waals surface area (Å²) in [5, 5.41) is 0. The number of benzene rings is 3. The molecule has 280 valence electrons. The lowest BCUT2D eigenvalue weighted by molar-refractivity contribution is -0.307. The first-order valence-electron chi connectivity index (χ1n) is 18.0.